The van der Waals surface area contributed by atoms with Crippen LogP contribution in [0.2, 0.25) is 0 Å². The molecule has 2 rings (SSSR count). The van der Waals surface area contributed by atoms with E-state index in [1.54, 1.807) is 0 Å². The van der Waals surface area contributed by atoms with Crippen LogP contribution in [0.25, 0.3) is 0 Å². The molecule has 0 aliphatic heterocycles. The van der Waals surface area contributed by atoms with Crippen molar-refractivity contribution in [3.8, 4) is 0 Å². The molecule has 2 saturated carbocycles. The van der Waals surface area contributed by atoms with Crippen LogP contribution in [-0.2, 0) is 0 Å². The van der Waals surface area contributed by atoms with Crippen molar-refractivity contribution in [2.45, 2.75) is 91.1 Å². The van der Waals surface area contributed by atoms with Crippen molar-refractivity contribution in [1.82, 2.24) is 0 Å². The van der Waals surface area contributed by atoms with Crippen molar-refractivity contribution in [3.63, 3.8) is 0 Å². The van der Waals surface area contributed by atoms with E-state index in [1.165, 1.54) is 44.9 Å². The Bertz CT molecular complexity index is 281. The third-order valence-corrected chi connectivity index (χ3v) is 6.20. The van der Waals surface area contributed by atoms with Gasteiger partial charge in [-0.25, -0.2) is 0 Å². The highest BCUT2D eigenvalue weighted by Gasteiger charge is 2.43. The summed E-state index contributed by atoms with van der Waals surface area (Å²) < 4.78 is 0. The molecule has 2 unspecified atom stereocenters. The van der Waals surface area contributed by atoms with Crippen LogP contribution in [0.1, 0.15) is 85.5 Å². The maximum absolute atomic E-state index is 11.1. The number of hydrogen-bond donors (Lipinski definition) is 1. The number of aliphatic hydroxyl groups is 1. The van der Waals surface area contributed by atoms with Gasteiger partial charge in [-0.1, -0.05) is 47.0 Å². The van der Waals surface area contributed by atoms with Crippen LogP contribution in [0, 0.1) is 23.2 Å². The highest BCUT2D eigenvalue weighted by molar-refractivity contribution is 4.95. The number of rotatable bonds is 2. The Morgan fingerprint density at radius 1 is 1.05 bits per heavy atom. The third-order valence-electron chi connectivity index (χ3n) is 6.20. The minimum Gasteiger partial charge on any atom is -0.390 e. The average Bonchev–Trinajstić information content (AvgIpc) is 2.38. The molecule has 0 saturated heterocycles. The van der Waals surface area contributed by atoms with Crippen LogP contribution in [-0.4, -0.2) is 10.7 Å². The highest BCUT2D eigenvalue weighted by Crippen LogP contribution is 2.48. The molecular formula is C18H34O. The Kier molecular flexibility index (Phi) is 4.65. The molecule has 2 aliphatic carbocycles. The summed E-state index contributed by atoms with van der Waals surface area (Å²) in [5.41, 5.74) is 0.0927. The zero-order valence-electron chi connectivity index (χ0n) is 13.5. The second-order valence-electron chi connectivity index (χ2n) is 8.38. The molecule has 0 radical (unpaired) electrons. The lowest BCUT2D eigenvalue weighted by atomic mass is 9.62. The summed E-state index contributed by atoms with van der Waals surface area (Å²) in [6, 6.07) is 0. The summed E-state index contributed by atoms with van der Waals surface area (Å²) in [6.45, 7) is 9.38. The first-order valence-corrected chi connectivity index (χ1v) is 8.57. The minimum atomic E-state index is -0.324. The molecule has 2 fully saturated rings. The molecular weight excluding hydrogens is 232 g/mol. The fourth-order valence-corrected chi connectivity index (χ4v) is 4.54. The molecule has 0 aromatic rings. The lowest BCUT2D eigenvalue weighted by molar-refractivity contribution is -0.0857. The molecule has 1 N–H and O–H groups in total. The standard InChI is InChI=1S/C18H34O/c1-5-14-7-6-8-16(13-14)18(19)11-9-15(10-12-18)17(2,3)4/h14-16,19H,5-13H2,1-4H3. The normalized spacial score (nSPS) is 41.2. The number of hydrogen-bond acceptors (Lipinski definition) is 1. The Labute approximate surface area is 120 Å². The quantitative estimate of drug-likeness (QED) is 0.731. The van der Waals surface area contributed by atoms with Gasteiger partial charge in [0.25, 0.3) is 0 Å². The Morgan fingerprint density at radius 2 is 1.68 bits per heavy atom. The molecule has 0 amide bonds. The van der Waals surface area contributed by atoms with Crippen molar-refractivity contribution in [2.75, 3.05) is 0 Å². The predicted molar refractivity (Wildman–Crippen MR) is 82.1 cm³/mol. The lowest BCUT2D eigenvalue weighted by Gasteiger charge is -2.47. The Hall–Kier alpha value is -0.0400. The van der Waals surface area contributed by atoms with E-state index in [2.05, 4.69) is 27.7 Å². The van der Waals surface area contributed by atoms with Gasteiger partial charge in [0.2, 0.25) is 0 Å². The first kappa shape index (κ1) is 15.4. The first-order chi connectivity index (χ1) is 8.85. The van der Waals surface area contributed by atoms with Crippen molar-refractivity contribution < 1.29 is 5.11 Å². The molecule has 2 atom stereocenters. The molecule has 0 aromatic heterocycles. The van der Waals surface area contributed by atoms with E-state index < -0.39 is 0 Å². The lowest BCUT2D eigenvalue weighted by Crippen LogP contribution is -2.45. The van der Waals surface area contributed by atoms with Gasteiger partial charge in [-0.2, -0.15) is 0 Å². The van der Waals surface area contributed by atoms with E-state index in [4.69, 9.17) is 0 Å². The smallest absolute Gasteiger partial charge is 0.0676 e. The van der Waals surface area contributed by atoms with E-state index >= 15 is 0 Å². The van der Waals surface area contributed by atoms with Crippen LogP contribution in [0.5, 0.6) is 0 Å². The predicted octanol–water partition coefficient (Wildman–Crippen LogP) is 5.17. The molecule has 0 aromatic carbocycles. The Morgan fingerprint density at radius 3 is 2.21 bits per heavy atom. The summed E-state index contributed by atoms with van der Waals surface area (Å²) in [6.07, 6.45) is 11.2. The fourth-order valence-electron chi connectivity index (χ4n) is 4.54. The summed E-state index contributed by atoms with van der Waals surface area (Å²) in [5.74, 6) is 2.27. The minimum absolute atomic E-state index is 0.324. The van der Waals surface area contributed by atoms with E-state index in [0.717, 1.165) is 24.7 Å². The first-order valence-electron chi connectivity index (χ1n) is 8.57. The van der Waals surface area contributed by atoms with Gasteiger partial charge in [0, 0.05) is 0 Å². The van der Waals surface area contributed by atoms with E-state index in [1.807, 2.05) is 0 Å². The maximum atomic E-state index is 11.1. The highest BCUT2D eigenvalue weighted by atomic mass is 16.3. The van der Waals surface area contributed by atoms with Crippen LogP contribution >= 0.6 is 0 Å². The molecule has 1 heteroatoms. The second kappa shape index (κ2) is 5.76. The molecule has 1 nitrogen and oxygen atoms in total. The SMILES string of the molecule is CCC1CCCC(C2(O)CCC(C(C)(C)C)CC2)C1. The molecule has 0 heterocycles. The molecule has 2 aliphatic rings. The largest absolute Gasteiger partial charge is 0.390 e. The van der Waals surface area contributed by atoms with E-state index in [-0.39, 0.29) is 5.60 Å². The van der Waals surface area contributed by atoms with Gasteiger partial charge in [0.15, 0.2) is 0 Å². The van der Waals surface area contributed by atoms with Gasteiger partial charge in [0.1, 0.15) is 0 Å². The summed E-state index contributed by atoms with van der Waals surface area (Å²) in [5, 5.41) is 11.1. The van der Waals surface area contributed by atoms with Gasteiger partial charge in [0.05, 0.1) is 5.60 Å². The fraction of sp³-hybridized carbons (Fsp3) is 1.00. The van der Waals surface area contributed by atoms with Gasteiger partial charge in [-0.15, -0.1) is 0 Å². The summed E-state index contributed by atoms with van der Waals surface area (Å²) in [4.78, 5) is 0. The third kappa shape index (κ3) is 3.54. The van der Waals surface area contributed by atoms with Gasteiger partial charge in [-0.05, 0) is 61.7 Å². The van der Waals surface area contributed by atoms with E-state index in [9.17, 15) is 5.11 Å². The van der Waals surface area contributed by atoms with Crippen molar-refractivity contribution >= 4 is 0 Å². The summed E-state index contributed by atoms with van der Waals surface area (Å²) in [7, 11) is 0. The van der Waals surface area contributed by atoms with E-state index in [0.29, 0.717) is 11.3 Å². The van der Waals surface area contributed by atoms with Gasteiger partial charge in [-0.3, -0.25) is 0 Å². The molecule has 19 heavy (non-hydrogen) atoms. The molecule has 0 spiro atoms. The Balaban J connectivity index is 1.94. The zero-order chi connectivity index (χ0) is 14.1. The summed E-state index contributed by atoms with van der Waals surface area (Å²) >= 11 is 0. The molecule has 112 valence electrons. The average molecular weight is 266 g/mol. The molecule has 0 bridgehead atoms. The van der Waals surface area contributed by atoms with Crippen LogP contribution in [0.15, 0.2) is 0 Å². The zero-order valence-corrected chi connectivity index (χ0v) is 13.5. The monoisotopic (exact) mass is 266 g/mol. The van der Waals surface area contributed by atoms with Crippen LogP contribution in [0.4, 0.5) is 0 Å². The van der Waals surface area contributed by atoms with Gasteiger partial charge < -0.3 is 5.11 Å². The van der Waals surface area contributed by atoms with Gasteiger partial charge >= 0.3 is 0 Å². The topological polar surface area (TPSA) is 20.2 Å². The van der Waals surface area contributed by atoms with Crippen LogP contribution in [0.3, 0.4) is 0 Å². The van der Waals surface area contributed by atoms with Crippen LogP contribution < -0.4 is 0 Å². The van der Waals surface area contributed by atoms with Crippen molar-refractivity contribution in [1.29, 1.82) is 0 Å². The maximum Gasteiger partial charge on any atom is 0.0676 e. The van der Waals surface area contributed by atoms with Crippen molar-refractivity contribution in [3.05, 3.63) is 0 Å². The van der Waals surface area contributed by atoms with Crippen molar-refractivity contribution in [2.24, 2.45) is 23.2 Å². The second-order valence-corrected chi connectivity index (χ2v) is 8.38.